The van der Waals surface area contributed by atoms with Crippen molar-refractivity contribution in [1.29, 1.82) is 0 Å². The molecule has 100 valence electrons. The predicted molar refractivity (Wildman–Crippen MR) is 65.1 cm³/mol. The van der Waals surface area contributed by atoms with E-state index in [1.807, 2.05) is 6.20 Å². The maximum absolute atomic E-state index is 10.8. The molecule has 0 radical (unpaired) electrons. The van der Waals surface area contributed by atoms with E-state index in [0.29, 0.717) is 39.0 Å². The van der Waals surface area contributed by atoms with E-state index in [-0.39, 0.29) is 11.6 Å². The Hall–Kier alpha value is -1.56. The Kier molecular flexibility index (Phi) is 6.21. The van der Waals surface area contributed by atoms with Crippen LogP contribution in [0.2, 0.25) is 0 Å². The van der Waals surface area contributed by atoms with Crippen molar-refractivity contribution < 1.29 is 14.3 Å². The second kappa shape index (κ2) is 7.71. The zero-order chi connectivity index (χ0) is 13.4. The van der Waals surface area contributed by atoms with Crippen LogP contribution in [0.1, 0.15) is 32.4 Å². The van der Waals surface area contributed by atoms with E-state index in [4.69, 9.17) is 4.74 Å². The molecule has 0 aliphatic carbocycles. The first-order valence-corrected chi connectivity index (χ1v) is 6.03. The third-order valence-electron chi connectivity index (χ3n) is 2.38. The highest BCUT2D eigenvalue weighted by molar-refractivity contribution is 5.75. The van der Waals surface area contributed by atoms with Gasteiger partial charge in [-0.3, -0.25) is 4.79 Å². The van der Waals surface area contributed by atoms with Crippen molar-refractivity contribution in [2.45, 2.75) is 39.7 Å². The molecule has 0 saturated carbocycles. The average molecular weight is 253 g/mol. The molecule has 0 spiro atoms. The van der Waals surface area contributed by atoms with Gasteiger partial charge in [0.2, 0.25) is 0 Å². The fourth-order valence-corrected chi connectivity index (χ4v) is 1.34. The number of aromatic nitrogens is 3. The number of carbonyl (C=O) groups excluding carboxylic acids is 2. The quantitative estimate of drug-likeness (QED) is 0.608. The van der Waals surface area contributed by atoms with Crippen LogP contribution < -0.4 is 0 Å². The molecular weight excluding hydrogens is 234 g/mol. The third kappa shape index (κ3) is 6.24. The van der Waals surface area contributed by atoms with Crippen LogP contribution in [0.25, 0.3) is 0 Å². The first-order chi connectivity index (χ1) is 8.58. The molecule has 0 saturated heterocycles. The maximum atomic E-state index is 10.8. The minimum atomic E-state index is 0.127. The monoisotopic (exact) mass is 253 g/mol. The van der Waals surface area contributed by atoms with Crippen molar-refractivity contribution in [3.8, 4) is 0 Å². The van der Waals surface area contributed by atoms with Gasteiger partial charge in [0, 0.05) is 19.0 Å². The zero-order valence-electron chi connectivity index (χ0n) is 10.9. The summed E-state index contributed by atoms with van der Waals surface area (Å²) in [6, 6.07) is 0. The Morgan fingerprint density at radius 3 is 2.61 bits per heavy atom. The number of Topliss-reactive ketones (excluding diaryl/α,β-unsaturated/α-hetero) is 2. The molecule has 0 atom stereocenters. The summed E-state index contributed by atoms with van der Waals surface area (Å²) >= 11 is 0. The highest BCUT2D eigenvalue weighted by Crippen LogP contribution is 1.99. The predicted octanol–water partition coefficient (Wildman–Crippen LogP) is 0.795. The molecule has 0 fully saturated rings. The number of nitrogens with zero attached hydrogens (tertiary/aromatic N) is 3. The summed E-state index contributed by atoms with van der Waals surface area (Å²) in [4.78, 5) is 21.5. The van der Waals surface area contributed by atoms with Crippen LogP contribution >= 0.6 is 0 Å². The largest absolute Gasteiger partial charge is 0.379 e. The summed E-state index contributed by atoms with van der Waals surface area (Å²) in [5.74, 6) is 0.277. The van der Waals surface area contributed by atoms with E-state index in [0.717, 1.165) is 5.69 Å². The molecule has 0 amide bonds. The van der Waals surface area contributed by atoms with Crippen LogP contribution in [0.5, 0.6) is 0 Å². The van der Waals surface area contributed by atoms with Crippen molar-refractivity contribution >= 4 is 11.6 Å². The molecule has 1 aromatic rings. The standard InChI is InChI=1S/C12H19N3O3/c1-10(16)3-4-12-9-15(14-13-12)6-8-18-7-5-11(2)17/h9H,3-8H2,1-2H3. The summed E-state index contributed by atoms with van der Waals surface area (Å²) in [6.07, 6.45) is 3.38. The molecule has 0 bridgehead atoms. The minimum absolute atomic E-state index is 0.127. The van der Waals surface area contributed by atoms with Gasteiger partial charge in [0.05, 0.1) is 25.5 Å². The fraction of sp³-hybridized carbons (Fsp3) is 0.667. The molecule has 0 N–H and O–H groups in total. The van der Waals surface area contributed by atoms with E-state index in [9.17, 15) is 9.59 Å². The fourth-order valence-electron chi connectivity index (χ4n) is 1.34. The van der Waals surface area contributed by atoms with Gasteiger partial charge in [-0.25, -0.2) is 4.68 Å². The Labute approximate surface area is 106 Å². The molecule has 6 heteroatoms. The molecule has 1 heterocycles. The minimum Gasteiger partial charge on any atom is -0.379 e. The average Bonchev–Trinajstić information content (AvgIpc) is 2.73. The Balaban J connectivity index is 2.18. The van der Waals surface area contributed by atoms with Gasteiger partial charge in [-0.05, 0) is 20.3 Å². The van der Waals surface area contributed by atoms with Gasteiger partial charge in [0.1, 0.15) is 11.6 Å². The smallest absolute Gasteiger partial charge is 0.132 e. The Bertz CT molecular complexity index is 401. The highest BCUT2D eigenvalue weighted by Gasteiger charge is 2.02. The first-order valence-electron chi connectivity index (χ1n) is 6.03. The summed E-state index contributed by atoms with van der Waals surface area (Å²) in [5.41, 5.74) is 0.814. The number of ketones is 2. The van der Waals surface area contributed by atoms with Crippen LogP contribution in [-0.2, 0) is 27.3 Å². The molecular formula is C12H19N3O3. The van der Waals surface area contributed by atoms with Crippen molar-refractivity contribution in [1.82, 2.24) is 15.0 Å². The van der Waals surface area contributed by atoms with Gasteiger partial charge in [0.25, 0.3) is 0 Å². The molecule has 0 aliphatic heterocycles. The SMILES string of the molecule is CC(=O)CCOCCn1cc(CCC(C)=O)nn1. The lowest BCUT2D eigenvalue weighted by atomic mass is 10.2. The molecule has 1 aromatic heterocycles. The van der Waals surface area contributed by atoms with E-state index in [1.165, 1.54) is 0 Å². The number of hydrogen-bond acceptors (Lipinski definition) is 5. The Morgan fingerprint density at radius 1 is 1.22 bits per heavy atom. The summed E-state index contributed by atoms with van der Waals surface area (Å²) < 4.78 is 6.98. The summed E-state index contributed by atoms with van der Waals surface area (Å²) in [5, 5.41) is 7.90. The lowest BCUT2D eigenvalue weighted by molar-refractivity contribution is -0.118. The molecule has 0 unspecified atom stereocenters. The van der Waals surface area contributed by atoms with Gasteiger partial charge >= 0.3 is 0 Å². The van der Waals surface area contributed by atoms with Crippen molar-refractivity contribution in [2.75, 3.05) is 13.2 Å². The van der Waals surface area contributed by atoms with E-state index in [2.05, 4.69) is 10.3 Å². The first kappa shape index (κ1) is 14.5. The normalized spacial score (nSPS) is 10.6. The lowest BCUT2D eigenvalue weighted by Gasteiger charge is -2.02. The van der Waals surface area contributed by atoms with Gasteiger partial charge in [-0.1, -0.05) is 5.21 Å². The van der Waals surface area contributed by atoms with Gasteiger partial charge < -0.3 is 9.53 Å². The molecule has 0 aliphatic rings. The topological polar surface area (TPSA) is 74.1 Å². The van der Waals surface area contributed by atoms with Gasteiger partial charge in [-0.15, -0.1) is 5.10 Å². The molecule has 18 heavy (non-hydrogen) atoms. The number of aryl methyl sites for hydroxylation is 1. The van der Waals surface area contributed by atoms with E-state index >= 15 is 0 Å². The second-order valence-electron chi connectivity index (χ2n) is 4.24. The third-order valence-corrected chi connectivity index (χ3v) is 2.38. The van der Waals surface area contributed by atoms with Crippen LogP contribution in [-0.4, -0.2) is 39.8 Å². The van der Waals surface area contributed by atoms with Crippen LogP contribution in [0.4, 0.5) is 0 Å². The van der Waals surface area contributed by atoms with Crippen LogP contribution in [0, 0.1) is 0 Å². The van der Waals surface area contributed by atoms with E-state index < -0.39 is 0 Å². The molecule has 1 rings (SSSR count). The van der Waals surface area contributed by atoms with Crippen molar-refractivity contribution in [2.24, 2.45) is 0 Å². The number of hydrogen-bond donors (Lipinski definition) is 0. The number of carbonyl (C=O) groups is 2. The van der Waals surface area contributed by atoms with Crippen LogP contribution in [0.15, 0.2) is 6.20 Å². The number of ether oxygens (including phenoxy) is 1. The maximum Gasteiger partial charge on any atom is 0.132 e. The van der Waals surface area contributed by atoms with Crippen molar-refractivity contribution in [3.63, 3.8) is 0 Å². The summed E-state index contributed by atoms with van der Waals surface area (Å²) in [7, 11) is 0. The summed E-state index contributed by atoms with van der Waals surface area (Å²) in [6.45, 7) is 4.66. The van der Waals surface area contributed by atoms with Crippen LogP contribution in [0.3, 0.4) is 0 Å². The Morgan fingerprint density at radius 2 is 1.94 bits per heavy atom. The van der Waals surface area contributed by atoms with Gasteiger partial charge in [0.15, 0.2) is 0 Å². The molecule has 6 nitrogen and oxygen atoms in total. The van der Waals surface area contributed by atoms with Crippen molar-refractivity contribution in [3.05, 3.63) is 11.9 Å². The molecule has 0 aromatic carbocycles. The highest BCUT2D eigenvalue weighted by atomic mass is 16.5. The second-order valence-corrected chi connectivity index (χ2v) is 4.24. The van der Waals surface area contributed by atoms with Gasteiger partial charge in [-0.2, -0.15) is 0 Å². The number of rotatable bonds is 9. The zero-order valence-corrected chi connectivity index (χ0v) is 10.9. The lowest BCUT2D eigenvalue weighted by Crippen LogP contribution is -2.08. The van der Waals surface area contributed by atoms with E-state index in [1.54, 1.807) is 18.5 Å².